The van der Waals surface area contributed by atoms with Crippen LogP contribution in [-0.2, 0) is 24.7 Å². The Bertz CT molecular complexity index is 745. The van der Waals surface area contributed by atoms with Crippen LogP contribution in [0.5, 0.6) is 0 Å². The molecule has 1 aliphatic rings. The molecule has 1 heterocycles. The molecule has 5 heteroatoms. The first-order valence-corrected chi connectivity index (χ1v) is 7.93. The van der Waals surface area contributed by atoms with Crippen LogP contribution in [0.4, 0.5) is 0 Å². The van der Waals surface area contributed by atoms with Gasteiger partial charge in [-0.2, -0.15) is 0 Å². The van der Waals surface area contributed by atoms with Crippen LogP contribution in [0.15, 0.2) is 41.6 Å². The Morgan fingerprint density at radius 3 is 2.33 bits per heavy atom. The van der Waals surface area contributed by atoms with Gasteiger partial charge in [-0.25, -0.2) is 0 Å². The number of nitrogens with zero attached hydrogens (tertiary/aromatic N) is 1. The highest BCUT2D eigenvalue weighted by molar-refractivity contribution is 6.01. The summed E-state index contributed by atoms with van der Waals surface area (Å²) >= 11 is 0. The van der Waals surface area contributed by atoms with Crippen molar-refractivity contribution in [3.63, 3.8) is 0 Å². The van der Waals surface area contributed by atoms with Crippen molar-refractivity contribution in [3.8, 4) is 0 Å². The Kier molecular flexibility index (Phi) is 4.94. The van der Waals surface area contributed by atoms with Gasteiger partial charge in [0, 0.05) is 12.0 Å². The van der Waals surface area contributed by atoms with Crippen LogP contribution in [-0.4, -0.2) is 21.0 Å². The standard InChI is InChI=1S/C19H21NO4/c1-12-3-2-4-13(5-12)19-8-18(20-24-19)14-6-15(9-21)17(11-23)16(7-14)10-22/h2-7,19,21-23H,8-11H2,1H3. The highest BCUT2D eigenvalue weighted by Gasteiger charge is 2.25. The Morgan fingerprint density at radius 1 is 1.04 bits per heavy atom. The first kappa shape index (κ1) is 16.6. The third-order valence-electron chi connectivity index (χ3n) is 4.35. The molecular weight excluding hydrogens is 306 g/mol. The van der Waals surface area contributed by atoms with Crippen molar-refractivity contribution in [2.24, 2.45) is 5.16 Å². The number of aryl methyl sites for hydroxylation is 1. The number of oxime groups is 1. The maximum absolute atomic E-state index is 9.53. The summed E-state index contributed by atoms with van der Waals surface area (Å²) in [5.41, 5.74) is 5.58. The lowest BCUT2D eigenvalue weighted by Gasteiger charge is -2.13. The van der Waals surface area contributed by atoms with Gasteiger partial charge in [0.2, 0.25) is 0 Å². The zero-order chi connectivity index (χ0) is 17.1. The van der Waals surface area contributed by atoms with E-state index in [-0.39, 0.29) is 25.9 Å². The predicted octanol–water partition coefficient (Wildman–Crippen LogP) is 2.34. The number of benzene rings is 2. The average Bonchev–Trinajstić information content (AvgIpc) is 3.10. The van der Waals surface area contributed by atoms with Gasteiger partial charge in [-0.15, -0.1) is 0 Å². The Balaban J connectivity index is 1.88. The second-order valence-corrected chi connectivity index (χ2v) is 6.00. The summed E-state index contributed by atoms with van der Waals surface area (Å²) in [5, 5.41) is 32.7. The molecule has 1 atom stereocenters. The van der Waals surface area contributed by atoms with Crippen molar-refractivity contribution < 1.29 is 20.2 Å². The van der Waals surface area contributed by atoms with E-state index in [1.165, 1.54) is 5.56 Å². The second-order valence-electron chi connectivity index (χ2n) is 6.00. The molecule has 0 fully saturated rings. The summed E-state index contributed by atoms with van der Waals surface area (Å²) in [7, 11) is 0. The van der Waals surface area contributed by atoms with Crippen molar-refractivity contribution in [2.45, 2.75) is 39.3 Å². The molecule has 24 heavy (non-hydrogen) atoms. The third-order valence-corrected chi connectivity index (χ3v) is 4.35. The summed E-state index contributed by atoms with van der Waals surface area (Å²) in [6, 6.07) is 11.7. The highest BCUT2D eigenvalue weighted by Crippen LogP contribution is 2.31. The van der Waals surface area contributed by atoms with Gasteiger partial charge in [-0.1, -0.05) is 35.0 Å². The Labute approximate surface area is 140 Å². The minimum absolute atomic E-state index is 0.132. The molecule has 5 nitrogen and oxygen atoms in total. The van der Waals surface area contributed by atoms with E-state index in [0.717, 1.165) is 16.8 Å². The molecular formula is C19H21NO4. The molecule has 0 aliphatic carbocycles. The van der Waals surface area contributed by atoms with E-state index in [0.29, 0.717) is 23.1 Å². The van der Waals surface area contributed by atoms with Gasteiger partial charge < -0.3 is 20.2 Å². The fraction of sp³-hybridized carbons (Fsp3) is 0.316. The van der Waals surface area contributed by atoms with Crippen LogP contribution < -0.4 is 0 Å². The van der Waals surface area contributed by atoms with Gasteiger partial charge in [-0.3, -0.25) is 0 Å². The molecule has 0 amide bonds. The lowest BCUT2D eigenvalue weighted by molar-refractivity contribution is 0.0857. The van der Waals surface area contributed by atoms with Crippen LogP contribution in [0.2, 0.25) is 0 Å². The number of aliphatic hydroxyl groups is 3. The van der Waals surface area contributed by atoms with Gasteiger partial charge in [0.25, 0.3) is 0 Å². The molecule has 126 valence electrons. The highest BCUT2D eigenvalue weighted by atomic mass is 16.6. The molecule has 2 aromatic rings. The molecule has 1 unspecified atom stereocenters. The molecule has 2 aromatic carbocycles. The van der Waals surface area contributed by atoms with Gasteiger partial charge in [0.1, 0.15) is 0 Å². The second kappa shape index (κ2) is 7.13. The van der Waals surface area contributed by atoms with Crippen LogP contribution in [0.3, 0.4) is 0 Å². The van der Waals surface area contributed by atoms with E-state index in [4.69, 9.17) is 4.84 Å². The number of rotatable bonds is 5. The van der Waals surface area contributed by atoms with Crippen LogP contribution in [0.1, 0.15) is 45.9 Å². The fourth-order valence-corrected chi connectivity index (χ4v) is 3.05. The summed E-state index contributed by atoms with van der Waals surface area (Å²) < 4.78 is 0. The first-order valence-electron chi connectivity index (χ1n) is 7.93. The Morgan fingerprint density at radius 2 is 1.75 bits per heavy atom. The fourth-order valence-electron chi connectivity index (χ4n) is 3.05. The zero-order valence-electron chi connectivity index (χ0n) is 13.6. The van der Waals surface area contributed by atoms with Crippen LogP contribution in [0, 0.1) is 6.92 Å². The maximum atomic E-state index is 9.53. The van der Waals surface area contributed by atoms with Crippen molar-refractivity contribution in [1.29, 1.82) is 0 Å². The molecule has 0 aromatic heterocycles. The monoisotopic (exact) mass is 327 g/mol. The topological polar surface area (TPSA) is 82.3 Å². The van der Waals surface area contributed by atoms with Gasteiger partial charge in [0.05, 0.1) is 25.5 Å². The molecule has 1 aliphatic heterocycles. The molecule has 0 radical (unpaired) electrons. The largest absolute Gasteiger partial charge is 0.392 e. The molecule has 0 saturated carbocycles. The van der Waals surface area contributed by atoms with E-state index in [1.54, 1.807) is 12.1 Å². The SMILES string of the molecule is Cc1cccc(C2CC(c3cc(CO)c(CO)c(CO)c3)=NO2)c1. The predicted molar refractivity (Wildman–Crippen MR) is 90.4 cm³/mol. The quantitative estimate of drug-likeness (QED) is 0.787. The Hall–Kier alpha value is -2.21. The van der Waals surface area contributed by atoms with E-state index in [9.17, 15) is 15.3 Å². The van der Waals surface area contributed by atoms with Crippen LogP contribution in [0.25, 0.3) is 0 Å². The number of hydrogen-bond donors (Lipinski definition) is 3. The van der Waals surface area contributed by atoms with Gasteiger partial charge >= 0.3 is 0 Å². The van der Waals surface area contributed by atoms with E-state index < -0.39 is 0 Å². The summed E-state index contributed by atoms with van der Waals surface area (Å²) in [6.07, 6.45) is 0.491. The number of aliphatic hydroxyl groups excluding tert-OH is 3. The zero-order valence-corrected chi connectivity index (χ0v) is 13.6. The first-order chi connectivity index (χ1) is 11.7. The molecule has 0 saturated heterocycles. The van der Waals surface area contributed by atoms with Gasteiger partial charge in [0.15, 0.2) is 6.10 Å². The van der Waals surface area contributed by atoms with Gasteiger partial charge in [-0.05, 0) is 41.3 Å². The average molecular weight is 327 g/mol. The van der Waals surface area contributed by atoms with Crippen molar-refractivity contribution in [2.75, 3.05) is 0 Å². The van der Waals surface area contributed by atoms with E-state index >= 15 is 0 Å². The lowest BCUT2D eigenvalue weighted by Crippen LogP contribution is -2.07. The number of hydrogen-bond acceptors (Lipinski definition) is 5. The van der Waals surface area contributed by atoms with Crippen molar-refractivity contribution in [1.82, 2.24) is 0 Å². The maximum Gasteiger partial charge on any atom is 0.158 e. The summed E-state index contributed by atoms with van der Waals surface area (Å²) in [6.45, 7) is 1.41. The lowest BCUT2D eigenvalue weighted by atomic mass is 9.93. The molecule has 3 rings (SSSR count). The summed E-state index contributed by atoms with van der Waals surface area (Å²) in [4.78, 5) is 5.58. The van der Waals surface area contributed by atoms with Crippen LogP contribution >= 0.6 is 0 Å². The third kappa shape index (κ3) is 3.19. The normalized spacial score (nSPS) is 16.8. The van der Waals surface area contributed by atoms with Crippen molar-refractivity contribution >= 4 is 5.71 Å². The molecule has 0 bridgehead atoms. The molecule has 0 spiro atoms. The summed E-state index contributed by atoms with van der Waals surface area (Å²) in [5.74, 6) is 0. The van der Waals surface area contributed by atoms with E-state index in [2.05, 4.69) is 11.2 Å². The smallest absolute Gasteiger partial charge is 0.158 e. The van der Waals surface area contributed by atoms with E-state index in [1.807, 2.05) is 25.1 Å². The molecule has 3 N–H and O–H groups in total. The minimum atomic E-state index is -0.221. The van der Waals surface area contributed by atoms with Crippen molar-refractivity contribution in [3.05, 3.63) is 69.8 Å². The minimum Gasteiger partial charge on any atom is -0.392 e.